The Hall–Kier alpha value is 0.110. The molecule has 0 aromatic heterocycles. The predicted molar refractivity (Wildman–Crippen MR) is 89.9 cm³/mol. The van der Waals surface area contributed by atoms with Crippen LogP contribution >= 0.6 is 35.0 Å². The molecule has 0 bridgehead atoms. The molecule has 0 amide bonds. The van der Waals surface area contributed by atoms with E-state index in [9.17, 15) is 0 Å². The third kappa shape index (κ3) is 6.89. The molecule has 1 aromatic carbocycles. The second-order valence-electron chi connectivity index (χ2n) is 4.67. The fourth-order valence-electron chi connectivity index (χ4n) is 1.86. The van der Waals surface area contributed by atoms with Gasteiger partial charge in [0.15, 0.2) is 0 Å². The normalized spacial score (nSPS) is 12.6. The lowest BCUT2D eigenvalue weighted by atomic mass is 10.1. The highest BCUT2D eigenvalue weighted by molar-refractivity contribution is 7.99. The summed E-state index contributed by atoms with van der Waals surface area (Å²) in [5.41, 5.74) is 1.18. The number of halogens is 2. The zero-order valence-corrected chi connectivity index (χ0v) is 14.0. The van der Waals surface area contributed by atoms with Crippen LogP contribution < -0.4 is 5.32 Å². The van der Waals surface area contributed by atoms with Crippen LogP contribution in [0.4, 0.5) is 0 Å². The van der Waals surface area contributed by atoms with Crippen LogP contribution in [0.2, 0.25) is 10.0 Å². The molecule has 1 unspecified atom stereocenters. The highest BCUT2D eigenvalue weighted by Crippen LogP contribution is 2.23. The van der Waals surface area contributed by atoms with Crippen LogP contribution in [0.5, 0.6) is 0 Å². The molecule has 1 atom stereocenters. The van der Waals surface area contributed by atoms with Crippen LogP contribution in [0.15, 0.2) is 18.2 Å². The van der Waals surface area contributed by atoms with E-state index in [4.69, 9.17) is 23.2 Å². The quantitative estimate of drug-likeness (QED) is 0.639. The van der Waals surface area contributed by atoms with Gasteiger partial charge in [-0.25, -0.2) is 0 Å². The van der Waals surface area contributed by atoms with Crippen LogP contribution in [0, 0.1) is 0 Å². The van der Waals surface area contributed by atoms with Gasteiger partial charge in [-0.05, 0) is 49.3 Å². The maximum atomic E-state index is 6.25. The van der Waals surface area contributed by atoms with E-state index in [1.807, 2.05) is 30.0 Å². The Kier molecular flexibility index (Phi) is 8.97. The SMILES string of the molecule is CCCNC(CSCCC)Cc1ccc(Cl)cc1Cl. The number of hydrogen-bond acceptors (Lipinski definition) is 2. The van der Waals surface area contributed by atoms with Crippen molar-refractivity contribution in [3.05, 3.63) is 33.8 Å². The first kappa shape index (κ1) is 17.2. The Morgan fingerprint density at radius 2 is 2.00 bits per heavy atom. The van der Waals surface area contributed by atoms with E-state index < -0.39 is 0 Å². The van der Waals surface area contributed by atoms with Gasteiger partial charge >= 0.3 is 0 Å². The summed E-state index contributed by atoms with van der Waals surface area (Å²) in [6, 6.07) is 6.26. The van der Waals surface area contributed by atoms with E-state index in [0.717, 1.165) is 30.2 Å². The van der Waals surface area contributed by atoms with Gasteiger partial charge in [0.05, 0.1) is 0 Å². The number of thioether (sulfide) groups is 1. The van der Waals surface area contributed by atoms with Crippen LogP contribution in [-0.2, 0) is 6.42 Å². The Balaban J connectivity index is 2.58. The van der Waals surface area contributed by atoms with Crippen LogP contribution in [0.1, 0.15) is 32.3 Å². The van der Waals surface area contributed by atoms with E-state index >= 15 is 0 Å². The number of nitrogens with one attached hydrogen (secondary N) is 1. The van der Waals surface area contributed by atoms with Crippen molar-refractivity contribution in [2.45, 2.75) is 39.2 Å². The Bertz CT molecular complexity index is 371. The third-order valence-corrected chi connectivity index (χ3v) is 4.75. The first-order valence-electron chi connectivity index (χ1n) is 6.92. The fraction of sp³-hybridized carbons (Fsp3) is 0.600. The van der Waals surface area contributed by atoms with E-state index in [0.29, 0.717) is 11.1 Å². The van der Waals surface area contributed by atoms with Crippen LogP contribution in [0.25, 0.3) is 0 Å². The molecule has 1 N–H and O–H groups in total. The molecular formula is C15H23Cl2NS. The average Bonchev–Trinajstić information content (AvgIpc) is 2.39. The highest BCUT2D eigenvalue weighted by Gasteiger charge is 2.11. The molecule has 0 aliphatic carbocycles. The van der Waals surface area contributed by atoms with E-state index in [1.54, 1.807) is 0 Å². The largest absolute Gasteiger partial charge is 0.313 e. The number of rotatable bonds is 9. The Morgan fingerprint density at radius 3 is 2.63 bits per heavy atom. The molecule has 0 spiro atoms. The molecular weight excluding hydrogens is 297 g/mol. The number of benzene rings is 1. The summed E-state index contributed by atoms with van der Waals surface area (Å²) < 4.78 is 0. The Morgan fingerprint density at radius 1 is 1.21 bits per heavy atom. The summed E-state index contributed by atoms with van der Waals surface area (Å²) in [6.07, 6.45) is 3.35. The zero-order chi connectivity index (χ0) is 14.1. The minimum Gasteiger partial charge on any atom is -0.313 e. The van der Waals surface area contributed by atoms with Gasteiger partial charge in [-0.1, -0.05) is 43.1 Å². The third-order valence-electron chi connectivity index (χ3n) is 2.83. The van der Waals surface area contributed by atoms with Crippen molar-refractivity contribution in [2.75, 3.05) is 18.1 Å². The van der Waals surface area contributed by atoms with Crippen molar-refractivity contribution in [1.82, 2.24) is 5.32 Å². The molecule has 0 saturated carbocycles. The van der Waals surface area contributed by atoms with Gasteiger partial charge in [-0.15, -0.1) is 0 Å². The lowest BCUT2D eigenvalue weighted by Crippen LogP contribution is -2.34. The predicted octanol–water partition coefficient (Wildman–Crippen LogP) is 5.05. The molecule has 0 aliphatic heterocycles. The lowest BCUT2D eigenvalue weighted by molar-refractivity contribution is 0.550. The van der Waals surface area contributed by atoms with Crippen LogP contribution in [-0.4, -0.2) is 24.1 Å². The monoisotopic (exact) mass is 319 g/mol. The summed E-state index contributed by atoms with van der Waals surface area (Å²) in [4.78, 5) is 0. The summed E-state index contributed by atoms with van der Waals surface area (Å²) in [5, 5.41) is 5.08. The van der Waals surface area contributed by atoms with Crippen molar-refractivity contribution in [3.8, 4) is 0 Å². The topological polar surface area (TPSA) is 12.0 Å². The zero-order valence-electron chi connectivity index (χ0n) is 11.7. The molecule has 1 rings (SSSR count). The summed E-state index contributed by atoms with van der Waals surface area (Å²) in [7, 11) is 0. The van der Waals surface area contributed by atoms with Gasteiger partial charge < -0.3 is 5.32 Å². The van der Waals surface area contributed by atoms with Gasteiger partial charge in [0.2, 0.25) is 0 Å². The van der Waals surface area contributed by atoms with E-state index in [-0.39, 0.29) is 0 Å². The van der Waals surface area contributed by atoms with Gasteiger partial charge in [0, 0.05) is 21.8 Å². The van der Waals surface area contributed by atoms with E-state index in [1.165, 1.54) is 17.7 Å². The molecule has 0 radical (unpaired) electrons. The second-order valence-corrected chi connectivity index (χ2v) is 6.66. The maximum Gasteiger partial charge on any atom is 0.0453 e. The van der Waals surface area contributed by atoms with E-state index in [2.05, 4.69) is 19.2 Å². The van der Waals surface area contributed by atoms with Crippen molar-refractivity contribution in [2.24, 2.45) is 0 Å². The van der Waals surface area contributed by atoms with Gasteiger partial charge in [0.1, 0.15) is 0 Å². The van der Waals surface area contributed by atoms with Gasteiger partial charge in [-0.3, -0.25) is 0 Å². The van der Waals surface area contributed by atoms with Gasteiger partial charge in [-0.2, -0.15) is 11.8 Å². The molecule has 0 aliphatic rings. The molecule has 4 heteroatoms. The highest BCUT2D eigenvalue weighted by atomic mass is 35.5. The molecule has 0 saturated heterocycles. The molecule has 0 fully saturated rings. The minimum absolute atomic E-state index is 0.482. The maximum absolute atomic E-state index is 6.25. The molecule has 1 nitrogen and oxygen atoms in total. The smallest absolute Gasteiger partial charge is 0.0453 e. The number of hydrogen-bond donors (Lipinski definition) is 1. The van der Waals surface area contributed by atoms with Crippen LogP contribution in [0.3, 0.4) is 0 Å². The average molecular weight is 320 g/mol. The summed E-state index contributed by atoms with van der Waals surface area (Å²) in [5.74, 6) is 2.35. The van der Waals surface area contributed by atoms with Crippen molar-refractivity contribution >= 4 is 35.0 Å². The van der Waals surface area contributed by atoms with Crippen molar-refractivity contribution in [3.63, 3.8) is 0 Å². The van der Waals surface area contributed by atoms with Gasteiger partial charge in [0.25, 0.3) is 0 Å². The van der Waals surface area contributed by atoms with Crippen molar-refractivity contribution < 1.29 is 0 Å². The standard InChI is InChI=1S/C15H23Cl2NS/c1-3-7-18-14(11-19-8-4-2)9-12-5-6-13(16)10-15(12)17/h5-6,10,14,18H,3-4,7-9,11H2,1-2H3. The Labute approximate surface area is 131 Å². The fourth-order valence-corrected chi connectivity index (χ4v) is 3.32. The second kappa shape index (κ2) is 9.93. The lowest BCUT2D eigenvalue weighted by Gasteiger charge is -2.19. The first-order chi connectivity index (χ1) is 9.17. The molecule has 1 aromatic rings. The first-order valence-corrected chi connectivity index (χ1v) is 8.83. The summed E-state index contributed by atoms with van der Waals surface area (Å²) >= 11 is 14.2. The molecule has 108 valence electrons. The minimum atomic E-state index is 0.482. The summed E-state index contributed by atoms with van der Waals surface area (Å²) in [6.45, 7) is 5.47. The van der Waals surface area contributed by atoms with Crippen molar-refractivity contribution in [1.29, 1.82) is 0 Å². The molecule has 0 heterocycles. The molecule has 19 heavy (non-hydrogen) atoms.